The number of hydrogen-bond acceptors (Lipinski definition) is 4. The van der Waals surface area contributed by atoms with Crippen LogP contribution in [-0.4, -0.2) is 42.9 Å². The van der Waals surface area contributed by atoms with E-state index >= 15 is 0 Å². The van der Waals surface area contributed by atoms with Crippen molar-refractivity contribution in [3.63, 3.8) is 0 Å². The van der Waals surface area contributed by atoms with Gasteiger partial charge in [0, 0.05) is 24.3 Å². The Balaban J connectivity index is 1.81. The van der Waals surface area contributed by atoms with E-state index in [2.05, 4.69) is 21.2 Å². The molecule has 0 saturated carbocycles. The molecule has 132 valence electrons. The number of carbonyl (C=O) groups excluding carboxylic acids is 1. The maximum Gasteiger partial charge on any atom is 0.255 e. The minimum absolute atomic E-state index is 0.0210. The highest BCUT2D eigenvalue weighted by atomic mass is 79.9. The molecule has 2 aromatic rings. The summed E-state index contributed by atoms with van der Waals surface area (Å²) in [6, 6.07) is 9.64. The topological polar surface area (TPSA) is 86.7 Å². The quantitative estimate of drug-likeness (QED) is 0.781. The van der Waals surface area contributed by atoms with E-state index in [0.29, 0.717) is 5.69 Å². The van der Waals surface area contributed by atoms with Crippen molar-refractivity contribution >= 4 is 37.5 Å². The Hall–Kier alpha value is -1.81. The molecule has 25 heavy (non-hydrogen) atoms. The summed E-state index contributed by atoms with van der Waals surface area (Å²) in [6.07, 6.45) is -0.654. The number of sulfonamides is 1. The third-order valence-corrected chi connectivity index (χ3v) is 6.18. The number of halogens is 2. The van der Waals surface area contributed by atoms with Crippen LogP contribution in [0.2, 0.25) is 0 Å². The molecule has 0 bridgehead atoms. The first-order chi connectivity index (χ1) is 11.8. The molecule has 6 nitrogen and oxygen atoms in total. The minimum atomic E-state index is -3.74. The van der Waals surface area contributed by atoms with Crippen LogP contribution in [0.25, 0.3) is 0 Å². The van der Waals surface area contributed by atoms with Crippen LogP contribution in [0, 0.1) is 5.82 Å². The molecular weight excluding hydrogens is 415 g/mol. The molecule has 1 heterocycles. The van der Waals surface area contributed by atoms with Gasteiger partial charge >= 0.3 is 0 Å². The van der Waals surface area contributed by atoms with Gasteiger partial charge in [-0.3, -0.25) is 4.79 Å². The summed E-state index contributed by atoms with van der Waals surface area (Å²) in [5, 5.41) is 11.9. The number of anilines is 1. The van der Waals surface area contributed by atoms with Crippen molar-refractivity contribution in [3.05, 3.63) is 58.3 Å². The molecule has 9 heteroatoms. The van der Waals surface area contributed by atoms with Crippen LogP contribution in [0.15, 0.2) is 51.8 Å². The maximum absolute atomic E-state index is 13.2. The monoisotopic (exact) mass is 428 g/mol. The van der Waals surface area contributed by atoms with E-state index in [-0.39, 0.29) is 28.0 Å². The fraction of sp³-hybridized carbons (Fsp3) is 0.188. The van der Waals surface area contributed by atoms with E-state index in [1.807, 2.05) is 0 Å². The van der Waals surface area contributed by atoms with E-state index < -0.39 is 27.9 Å². The predicted octanol–water partition coefficient (Wildman–Crippen LogP) is 2.21. The van der Waals surface area contributed by atoms with Gasteiger partial charge < -0.3 is 10.4 Å². The Morgan fingerprint density at radius 1 is 1.24 bits per heavy atom. The zero-order valence-electron chi connectivity index (χ0n) is 12.8. The van der Waals surface area contributed by atoms with Crippen molar-refractivity contribution in [2.45, 2.75) is 11.0 Å². The third kappa shape index (κ3) is 3.74. The average molecular weight is 429 g/mol. The Morgan fingerprint density at radius 2 is 1.96 bits per heavy atom. The summed E-state index contributed by atoms with van der Waals surface area (Å²) in [5.74, 6) is -0.970. The van der Waals surface area contributed by atoms with E-state index in [1.54, 1.807) is 0 Å². The fourth-order valence-corrected chi connectivity index (χ4v) is 4.28. The summed E-state index contributed by atoms with van der Waals surface area (Å²) in [7, 11) is -3.74. The molecule has 1 saturated heterocycles. The number of hydrogen-bond donors (Lipinski definition) is 2. The number of amides is 1. The van der Waals surface area contributed by atoms with Crippen LogP contribution in [-0.2, 0) is 10.0 Å². The van der Waals surface area contributed by atoms with Crippen LogP contribution < -0.4 is 5.32 Å². The van der Waals surface area contributed by atoms with Gasteiger partial charge in [0.05, 0.1) is 15.5 Å². The molecule has 2 N–H and O–H groups in total. The van der Waals surface area contributed by atoms with Gasteiger partial charge in [-0.05, 0) is 52.3 Å². The highest BCUT2D eigenvalue weighted by Gasteiger charge is 2.35. The molecule has 0 unspecified atom stereocenters. The van der Waals surface area contributed by atoms with Crippen LogP contribution in [0.5, 0.6) is 0 Å². The van der Waals surface area contributed by atoms with Gasteiger partial charge in [0.25, 0.3) is 5.91 Å². The number of carbonyl (C=O) groups is 1. The van der Waals surface area contributed by atoms with Gasteiger partial charge in [0.1, 0.15) is 5.82 Å². The second-order valence-corrected chi connectivity index (χ2v) is 8.38. The van der Waals surface area contributed by atoms with Crippen molar-refractivity contribution in [1.82, 2.24) is 4.31 Å². The normalized spacial score (nSPS) is 15.6. The summed E-state index contributed by atoms with van der Waals surface area (Å²) in [6.45, 7) is 0.0880. The lowest BCUT2D eigenvalue weighted by Crippen LogP contribution is -2.53. The highest BCUT2D eigenvalue weighted by molar-refractivity contribution is 9.10. The summed E-state index contributed by atoms with van der Waals surface area (Å²) in [4.78, 5) is 12.3. The molecule has 0 atom stereocenters. The first kappa shape index (κ1) is 18.0. The number of aliphatic hydroxyl groups is 1. The van der Waals surface area contributed by atoms with Crippen LogP contribution in [0.4, 0.5) is 10.1 Å². The lowest BCUT2D eigenvalue weighted by molar-refractivity contribution is 0.0548. The fourth-order valence-electron chi connectivity index (χ4n) is 2.34. The first-order valence-corrected chi connectivity index (χ1v) is 9.55. The highest BCUT2D eigenvalue weighted by Crippen LogP contribution is 2.23. The summed E-state index contributed by atoms with van der Waals surface area (Å²) in [5.41, 5.74) is 0.528. The molecule has 1 aliphatic rings. The van der Waals surface area contributed by atoms with E-state index in [9.17, 15) is 22.7 Å². The Kier molecular flexibility index (Phi) is 4.92. The standard InChI is InChI=1S/C16H14BrFN2O4S/c17-14-7-11(4-5-15(14)18)19-16(22)10-2-1-3-13(6-10)25(23,24)20-8-12(21)9-20/h1-7,12,21H,8-9H2,(H,19,22). The number of nitrogens with one attached hydrogen (secondary N) is 1. The van der Waals surface area contributed by atoms with Crippen LogP contribution in [0.1, 0.15) is 10.4 Å². The number of benzene rings is 2. The SMILES string of the molecule is O=C(Nc1ccc(F)c(Br)c1)c1cccc(S(=O)(=O)N2CC(O)C2)c1. The molecule has 0 spiro atoms. The lowest BCUT2D eigenvalue weighted by atomic mass is 10.2. The minimum Gasteiger partial charge on any atom is -0.390 e. The van der Waals surface area contributed by atoms with Crippen molar-refractivity contribution in [3.8, 4) is 0 Å². The molecule has 3 rings (SSSR count). The van der Waals surface area contributed by atoms with Gasteiger partial charge in [-0.1, -0.05) is 6.07 Å². The number of aliphatic hydroxyl groups excluding tert-OH is 1. The smallest absolute Gasteiger partial charge is 0.255 e. The van der Waals surface area contributed by atoms with Gasteiger partial charge in [-0.2, -0.15) is 4.31 Å². The second kappa shape index (κ2) is 6.83. The molecule has 0 aromatic heterocycles. The average Bonchev–Trinajstić information content (AvgIpc) is 2.55. The molecule has 1 amide bonds. The van der Waals surface area contributed by atoms with E-state index in [0.717, 1.165) is 4.31 Å². The summed E-state index contributed by atoms with van der Waals surface area (Å²) < 4.78 is 39.4. The Morgan fingerprint density at radius 3 is 2.60 bits per heavy atom. The number of β-amino-alcohol motifs (C(OH)–C–C–N with tert-alkyl or cyclic N) is 1. The molecular formula is C16H14BrFN2O4S. The third-order valence-electron chi connectivity index (χ3n) is 3.74. The summed E-state index contributed by atoms with van der Waals surface area (Å²) >= 11 is 3.03. The lowest BCUT2D eigenvalue weighted by Gasteiger charge is -2.34. The molecule has 1 fully saturated rings. The van der Waals surface area contributed by atoms with Crippen molar-refractivity contribution in [1.29, 1.82) is 0 Å². The Labute approximate surface area is 152 Å². The molecule has 1 aliphatic heterocycles. The van der Waals surface area contributed by atoms with Gasteiger partial charge in [0.2, 0.25) is 10.0 Å². The predicted molar refractivity (Wildman–Crippen MR) is 93.3 cm³/mol. The molecule has 0 radical (unpaired) electrons. The van der Waals surface area contributed by atoms with Crippen molar-refractivity contribution in [2.75, 3.05) is 18.4 Å². The maximum atomic E-state index is 13.2. The van der Waals surface area contributed by atoms with Crippen molar-refractivity contribution < 1.29 is 22.7 Å². The zero-order chi connectivity index (χ0) is 18.2. The second-order valence-electron chi connectivity index (χ2n) is 5.59. The Bertz CT molecular complexity index is 929. The van der Waals surface area contributed by atoms with Crippen LogP contribution >= 0.6 is 15.9 Å². The van der Waals surface area contributed by atoms with E-state index in [4.69, 9.17) is 0 Å². The van der Waals surface area contributed by atoms with Gasteiger partial charge in [-0.15, -0.1) is 0 Å². The van der Waals surface area contributed by atoms with Gasteiger partial charge in [0.15, 0.2) is 0 Å². The van der Waals surface area contributed by atoms with Crippen LogP contribution in [0.3, 0.4) is 0 Å². The largest absolute Gasteiger partial charge is 0.390 e. The van der Waals surface area contributed by atoms with E-state index in [1.165, 1.54) is 42.5 Å². The number of nitrogens with zero attached hydrogens (tertiary/aromatic N) is 1. The molecule has 2 aromatic carbocycles. The zero-order valence-corrected chi connectivity index (χ0v) is 15.2. The number of rotatable bonds is 4. The van der Waals surface area contributed by atoms with Gasteiger partial charge in [-0.25, -0.2) is 12.8 Å². The molecule has 0 aliphatic carbocycles. The first-order valence-electron chi connectivity index (χ1n) is 7.32. The van der Waals surface area contributed by atoms with Crippen molar-refractivity contribution in [2.24, 2.45) is 0 Å².